The van der Waals surface area contributed by atoms with E-state index in [2.05, 4.69) is 21.7 Å². The SMILES string of the molecule is COc1ccc(/C=C/C(=O)Cc2cccc3c2ncn3Cc2ccccc2)cc1O. The summed E-state index contributed by atoms with van der Waals surface area (Å²) in [5.74, 6) is 0.410. The van der Waals surface area contributed by atoms with Crippen LogP contribution in [-0.2, 0) is 17.8 Å². The number of para-hydroxylation sites is 1. The Morgan fingerprint density at radius 3 is 2.70 bits per heavy atom. The maximum absolute atomic E-state index is 12.5. The molecule has 4 aromatic rings. The fourth-order valence-corrected chi connectivity index (χ4v) is 3.44. The van der Waals surface area contributed by atoms with E-state index in [1.807, 2.05) is 42.7 Å². The van der Waals surface area contributed by atoms with Crippen molar-refractivity contribution in [3.8, 4) is 11.5 Å². The van der Waals surface area contributed by atoms with E-state index in [1.165, 1.54) is 18.7 Å². The number of phenols is 1. The van der Waals surface area contributed by atoms with Crippen LogP contribution in [-0.4, -0.2) is 27.6 Å². The van der Waals surface area contributed by atoms with Gasteiger partial charge in [0.2, 0.25) is 0 Å². The van der Waals surface area contributed by atoms with Gasteiger partial charge in [-0.1, -0.05) is 54.6 Å². The van der Waals surface area contributed by atoms with Gasteiger partial charge in [-0.25, -0.2) is 4.98 Å². The Morgan fingerprint density at radius 2 is 1.93 bits per heavy atom. The number of hydrogen-bond donors (Lipinski definition) is 1. The van der Waals surface area contributed by atoms with E-state index < -0.39 is 0 Å². The minimum Gasteiger partial charge on any atom is -0.504 e. The van der Waals surface area contributed by atoms with E-state index in [-0.39, 0.29) is 18.0 Å². The number of aromatic nitrogens is 2. The highest BCUT2D eigenvalue weighted by atomic mass is 16.5. The molecule has 0 aliphatic carbocycles. The van der Waals surface area contributed by atoms with E-state index in [9.17, 15) is 9.90 Å². The lowest BCUT2D eigenvalue weighted by atomic mass is 10.1. The van der Waals surface area contributed by atoms with Gasteiger partial charge in [-0.2, -0.15) is 0 Å². The number of benzene rings is 3. The molecule has 0 saturated carbocycles. The van der Waals surface area contributed by atoms with Crippen molar-refractivity contribution in [1.29, 1.82) is 0 Å². The van der Waals surface area contributed by atoms with Gasteiger partial charge in [0.25, 0.3) is 0 Å². The number of phenolic OH excluding ortho intramolecular Hbond substituents is 1. The zero-order valence-electron chi connectivity index (χ0n) is 16.7. The van der Waals surface area contributed by atoms with Crippen LogP contribution in [0.3, 0.4) is 0 Å². The summed E-state index contributed by atoms with van der Waals surface area (Å²) in [6.45, 7) is 0.732. The number of ether oxygens (including phenoxy) is 1. The molecule has 5 nitrogen and oxygen atoms in total. The molecule has 1 N–H and O–H groups in total. The number of carbonyl (C=O) groups is 1. The molecule has 3 aromatic carbocycles. The highest BCUT2D eigenvalue weighted by Gasteiger charge is 2.10. The number of imidazole rings is 1. The second-order valence-electron chi connectivity index (χ2n) is 7.05. The van der Waals surface area contributed by atoms with E-state index in [1.54, 1.807) is 24.3 Å². The summed E-state index contributed by atoms with van der Waals surface area (Å²) in [5.41, 5.74) is 4.67. The largest absolute Gasteiger partial charge is 0.504 e. The number of methoxy groups -OCH3 is 1. The van der Waals surface area contributed by atoms with Crippen molar-refractivity contribution in [2.75, 3.05) is 7.11 Å². The molecule has 0 radical (unpaired) electrons. The van der Waals surface area contributed by atoms with E-state index in [4.69, 9.17) is 4.74 Å². The number of nitrogens with zero attached hydrogens (tertiary/aromatic N) is 2. The smallest absolute Gasteiger partial charge is 0.160 e. The zero-order chi connectivity index (χ0) is 20.9. The second-order valence-corrected chi connectivity index (χ2v) is 7.05. The number of fused-ring (bicyclic) bond motifs is 1. The summed E-state index contributed by atoms with van der Waals surface area (Å²) in [7, 11) is 1.50. The first-order valence-corrected chi connectivity index (χ1v) is 9.68. The Hall–Kier alpha value is -3.86. The summed E-state index contributed by atoms with van der Waals surface area (Å²) in [6, 6.07) is 21.1. The average molecular weight is 398 g/mol. The van der Waals surface area contributed by atoms with Gasteiger partial charge in [0.05, 0.1) is 24.5 Å². The average Bonchev–Trinajstić information content (AvgIpc) is 3.17. The molecule has 0 fully saturated rings. The highest BCUT2D eigenvalue weighted by molar-refractivity contribution is 5.97. The van der Waals surface area contributed by atoms with Crippen LogP contribution in [0.2, 0.25) is 0 Å². The fourth-order valence-electron chi connectivity index (χ4n) is 3.44. The number of rotatable bonds is 7. The van der Waals surface area contributed by atoms with Crippen LogP contribution in [0.5, 0.6) is 11.5 Å². The summed E-state index contributed by atoms with van der Waals surface area (Å²) in [5, 5.41) is 9.86. The van der Waals surface area contributed by atoms with Gasteiger partial charge in [-0.15, -0.1) is 0 Å². The van der Waals surface area contributed by atoms with Gasteiger partial charge < -0.3 is 14.4 Å². The van der Waals surface area contributed by atoms with Gasteiger partial charge >= 0.3 is 0 Å². The molecule has 0 saturated heterocycles. The van der Waals surface area contributed by atoms with Crippen molar-refractivity contribution in [1.82, 2.24) is 9.55 Å². The molecule has 4 rings (SSSR count). The van der Waals surface area contributed by atoms with Crippen LogP contribution in [0.15, 0.2) is 79.1 Å². The van der Waals surface area contributed by atoms with E-state index in [0.29, 0.717) is 5.75 Å². The third kappa shape index (κ3) is 4.25. The quantitative estimate of drug-likeness (QED) is 0.461. The predicted octanol–water partition coefficient (Wildman–Crippen LogP) is 4.62. The molecule has 1 aromatic heterocycles. The van der Waals surface area contributed by atoms with Crippen LogP contribution in [0.4, 0.5) is 0 Å². The summed E-state index contributed by atoms with van der Waals surface area (Å²) >= 11 is 0. The lowest BCUT2D eigenvalue weighted by molar-refractivity contribution is -0.113. The fraction of sp³-hybridized carbons (Fsp3) is 0.120. The molecule has 0 unspecified atom stereocenters. The Balaban J connectivity index is 1.51. The Kier molecular flexibility index (Phi) is 5.61. The maximum atomic E-state index is 12.5. The number of aromatic hydroxyl groups is 1. The Labute approximate surface area is 174 Å². The minimum atomic E-state index is -0.0320. The first kappa shape index (κ1) is 19.5. The molecule has 0 aliphatic rings. The van der Waals surface area contributed by atoms with E-state index >= 15 is 0 Å². The van der Waals surface area contributed by atoms with Gasteiger partial charge in [0.15, 0.2) is 17.3 Å². The highest BCUT2D eigenvalue weighted by Crippen LogP contribution is 2.26. The third-order valence-electron chi connectivity index (χ3n) is 4.96. The second kappa shape index (κ2) is 8.66. The number of carbonyl (C=O) groups excluding carboxylic acids is 1. The van der Waals surface area contributed by atoms with Crippen LogP contribution < -0.4 is 4.74 Å². The van der Waals surface area contributed by atoms with Gasteiger partial charge in [-0.05, 0) is 41.0 Å². The normalized spacial score (nSPS) is 11.2. The summed E-state index contributed by atoms with van der Waals surface area (Å²) in [6.07, 6.45) is 5.30. The minimum absolute atomic E-state index is 0.0320. The monoisotopic (exact) mass is 398 g/mol. The van der Waals surface area contributed by atoms with Crippen molar-refractivity contribution < 1.29 is 14.6 Å². The molecule has 0 amide bonds. The molecule has 5 heteroatoms. The third-order valence-corrected chi connectivity index (χ3v) is 4.96. The van der Waals surface area contributed by atoms with Crippen molar-refractivity contribution >= 4 is 22.9 Å². The summed E-state index contributed by atoms with van der Waals surface area (Å²) in [4.78, 5) is 17.1. The number of ketones is 1. The molecule has 1 heterocycles. The zero-order valence-corrected chi connectivity index (χ0v) is 16.7. The lowest BCUT2D eigenvalue weighted by Gasteiger charge is -2.06. The summed E-state index contributed by atoms with van der Waals surface area (Å²) < 4.78 is 7.13. The van der Waals surface area contributed by atoms with Crippen molar-refractivity contribution in [2.45, 2.75) is 13.0 Å². The van der Waals surface area contributed by atoms with E-state index in [0.717, 1.165) is 28.7 Å². The standard InChI is InChI=1S/C25H22N2O3/c1-30-24-13-11-18(14-23(24)29)10-12-21(28)15-20-8-5-9-22-25(20)26-17-27(22)16-19-6-3-2-4-7-19/h2-14,17,29H,15-16H2,1H3/b12-10+. The predicted molar refractivity (Wildman–Crippen MR) is 118 cm³/mol. The lowest BCUT2D eigenvalue weighted by Crippen LogP contribution is -2.00. The van der Waals surface area contributed by atoms with Crippen LogP contribution >= 0.6 is 0 Å². The Morgan fingerprint density at radius 1 is 1.10 bits per heavy atom. The van der Waals surface area contributed by atoms with Gasteiger partial charge in [0, 0.05) is 13.0 Å². The molecule has 0 aliphatic heterocycles. The topological polar surface area (TPSA) is 64.3 Å². The van der Waals surface area contributed by atoms with Crippen LogP contribution in [0.1, 0.15) is 16.7 Å². The van der Waals surface area contributed by atoms with Gasteiger partial charge in [0.1, 0.15) is 0 Å². The number of allylic oxidation sites excluding steroid dienone is 1. The van der Waals surface area contributed by atoms with Crippen LogP contribution in [0, 0.1) is 0 Å². The molecule has 30 heavy (non-hydrogen) atoms. The van der Waals surface area contributed by atoms with Crippen molar-refractivity contribution in [3.63, 3.8) is 0 Å². The first-order valence-electron chi connectivity index (χ1n) is 9.68. The molecule has 0 spiro atoms. The molecule has 0 atom stereocenters. The molecule has 150 valence electrons. The van der Waals surface area contributed by atoms with Gasteiger partial charge in [-0.3, -0.25) is 4.79 Å². The molecule has 0 bridgehead atoms. The maximum Gasteiger partial charge on any atom is 0.160 e. The van der Waals surface area contributed by atoms with Crippen LogP contribution in [0.25, 0.3) is 17.1 Å². The molecular weight excluding hydrogens is 376 g/mol. The first-order chi connectivity index (χ1) is 14.6. The molecular formula is C25H22N2O3. The van der Waals surface area contributed by atoms with Crippen molar-refractivity contribution in [3.05, 3.63) is 95.8 Å². The number of hydrogen-bond acceptors (Lipinski definition) is 4. The Bertz CT molecular complexity index is 1210. The van der Waals surface area contributed by atoms with Crippen molar-refractivity contribution in [2.24, 2.45) is 0 Å².